The Bertz CT molecular complexity index is 720. The van der Waals surface area contributed by atoms with Crippen LogP contribution in [0.25, 0.3) is 12.2 Å². The van der Waals surface area contributed by atoms with Gasteiger partial charge in [0.2, 0.25) is 12.4 Å². The molecule has 0 aliphatic carbocycles. The Kier molecular flexibility index (Phi) is 8.73. The Hall–Kier alpha value is -2.87. The van der Waals surface area contributed by atoms with E-state index in [4.69, 9.17) is 5.21 Å². The van der Waals surface area contributed by atoms with Crippen LogP contribution in [0.4, 0.5) is 0 Å². The van der Waals surface area contributed by atoms with Crippen molar-refractivity contribution in [2.75, 3.05) is 0 Å². The summed E-state index contributed by atoms with van der Waals surface area (Å²) >= 11 is 0. The van der Waals surface area contributed by atoms with Crippen molar-refractivity contribution in [2.45, 2.75) is 26.7 Å². The van der Waals surface area contributed by atoms with E-state index in [1.807, 2.05) is 31.2 Å². The van der Waals surface area contributed by atoms with Crippen molar-refractivity contribution in [1.29, 1.82) is 0 Å². The van der Waals surface area contributed by atoms with Crippen molar-refractivity contribution in [3.05, 3.63) is 102 Å². The Morgan fingerprint density at radius 3 is 1.88 bits per heavy atom. The average molecular weight is 334 g/mol. The summed E-state index contributed by atoms with van der Waals surface area (Å²) in [6, 6.07) is 12.3. The van der Waals surface area contributed by atoms with Gasteiger partial charge in [0.05, 0.1) is 0 Å². The van der Waals surface area contributed by atoms with Crippen LogP contribution >= 0.6 is 0 Å². The first-order chi connectivity index (χ1) is 12.0. The van der Waals surface area contributed by atoms with Crippen LogP contribution < -0.4 is 4.73 Å². The molecule has 0 spiro atoms. The predicted molar refractivity (Wildman–Crippen MR) is 107 cm³/mol. The van der Waals surface area contributed by atoms with Gasteiger partial charge in [0.1, 0.15) is 0 Å². The van der Waals surface area contributed by atoms with Gasteiger partial charge in [-0.2, -0.15) is 0 Å². The van der Waals surface area contributed by atoms with Gasteiger partial charge in [-0.05, 0) is 29.5 Å². The lowest BCUT2D eigenvalue weighted by Gasteiger charge is -2.04. The van der Waals surface area contributed by atoms with Gasteiger partial charge in [-0.3, -0.25) is 5.21 Å². The highest BCUT2D eigenvalue weighted by molar-refractivity contribution is 5.69. The molecular formula is C23H28NO+. The van der Waals surface area contributed by atoms with E-state index in [0.717, 1.165) is 15.9 Å². The topological polar surface area (TPSA) is 24.1 Å². The minimum Gasteiger partial charge on any atom is -0.285 e. The van der Waals surface area contributed by atoms with Crippen molar-refractivity contribution in [3.8, 4) is 0 Å². The van der Waals surface area contributed by atoms with Crippen LogP contribution in [0.15, 0.2) is 85.8 Å². The zero-order valence-electron chi connectivity index (χ0n) is 15.4. The van der Waals surface area contributed by atoms with Crippen LogP contribution in [0.5, 0.6) is 0 Å². The third-order valence-electron chi connectivity index (χ3n) is 3.61. The van der Waals surface area contributed by atoms with Crippen LogP contribution in [0.1, 0.15) is 43.4 Å². The summed E-state index contributed by atoms with van der Waals surface area (Å²) < 4.78 is 1.04. The van der Waals surface area contributed by atoms with Crippen molar-refractivity contribution in [2.24, 2.45) is 0 Å². The summed E-state index contributed by atoms with van der Waals surface area (Å²) in [5.41, 5.74) is 4.75. The van der Waals surface area contributed by atoms with E-state index in [9.17, 15) is 0 Å². The second-order valence-corrected chi connectivity index (χ2v) is 6.02. The van der Waals surface area contributed by atoms with Gasteiger partial charge >= 0.3 is 0 Å². The first kappa shape index (κ1) is 20.2. The summed E-state index contributed by atoms with van der Waals surface area (Å²) in [6.07, 6.45) is 12.8. The van der Waals surface area contributed by atoms with E-state index in [-0.39, 0.29) is 0 Å². The first-order valence-electron chi connectivity index (χ1n) is 8.36. The molecule has 130 valence electrons. The van der Waals surface area contributed by atoms with E-state index in [1.54, 1.807) is 24.5 Å². The van der Waals surface area contributed by atoms with Crippen LogP contribution in [0.2, 0.25) is 0 Å². The normalized spacial score (nSPS) is 11.1. The first-order valence-corrected chi connectivity index (χ1v) is 8.36. The van der Waals surface area contributed by atoms with Crippen molar-refractivity contribution < 1.29 is 9.94 Å². The molecule has 2 heteroatoms. The fourth-order valence-electron chi connectivity index (χ4n) is 1.98. The number of allylic oxidation sites excluding steroid dienone is 4. The van der Waals surface area contributed by atoms with E-state index < -0.39 is 0 Å². The molecule has 0 amide bonds. The molecule has 0 aliphatic rings. The third kappa shape index (κ3) is 7.98. The number of nitrogens with zero attached hydrogens (tertiary/aromatic N) is 1. The van der Waals surface area contributed by atoms with Crippen LogP contribution in [0, 0.1) is 0 Å². The second-order valence-electron chi connectivity index (χ2n) is 6.02. The highest BCUT2D eigenvalue weighted by atomic mass is 16.5. The second kappa shape index (κ2) is 10.8. The monoisotopic (exact) mass is 334 g/mol. The number of hydrogen-bond donors (Lipinski definition) is 1. The molecule has 2 nitrogen and oxygen atoms in total. The number of rotatable bonds is 5. The van der Waals surface area contributed by atoms with Gasteiger partial charge in [0.15, 0.2) is 0 Å². The Morgan fingerprint density at radius 1 is 0.960 bits per heavy atom. The lowest BCUT2D eigenvalue weighted by atomic mass is 10.0. The molecule has 0 radical (unpaired) electrons. The third-order valence-corrected chi connectivity index (χ3v) is 3.61. The molecule has 0 unspecified atom stereocenters. The fraction of sp³-hybridized carbons (Fsp3) is 0.174. The van der Waals surface area contributed by atoms with Gasteiger partial charge in [0, 0.05) is 16.9 Å². The summed E-state index contributed by atoms with van der Waals surface area (Å²) in [4.78, 5) is 0. The quantitative estimate of drug-likeness (QED) is 0.416. The molecule has 0 bridgehead atoms. The lowest BCUT2D eigenvalue weighted by Crippen LogP contribution is -2.27. The van der Waals surface area contributed by atoms with Gasteiger partial charge in [-0.25, -0.2) is 0 Å². The summed E-state index contributed by atoms with van der Waals surface area (Å²) in [5.74, 6) is 0.567. The summed E-state index contributed by atoms with van der Waals surface area (Å²) in [6.45, 7) is 13.5. The summed E-state index contributed by atoms with van der Waals surface area (Å²) in [7, 11) is 0. The van der Waals surface area contributed by atoms with E-state index in [1.165, 1.54) is 11.1 Å². The van der Waals surface area contributed by atoms with E-state index in [2.05, 4.69) is 57.3 Å². The Morgan fingerprint density at radius 2 is 1.48 bits per heavy atom. The number of benzene rings is 1. The lowest BCUT2D eigenvalue weighted by molar-refractivity contribution is -0.904. The molecule has 25 heavy (non-hydrogen) atoms. The maximum absolute atomic E-state index is 9.12. The van der Waals surface area contributed by atoms with E-state index >= 15 is 0 Å². The van der Waals surface area contributed by atoms with Crippen LogP contribution in [-0.2, 0) is 0 Å². The minimum atomic E-state index is 0.567. The zero-order chi connectivity index (χ0) is 18.7. The fourth-order valence-corrected chi connectivity index (χ4v) is 1.98. The molecule has 0 aliphatic heterocycles. The van der Waals surface area contributed by atoms with Crippen molar-refractivity contribution in [3.63, 3.8) is 0 Å². The smallest absolute Gasteiger partial charge is 0.222 e. The molecule has 0 saturated carbocycles. The molecule has 2 rings (SSSR count). The average Bonchev–Trinajstić information content (AvgIpc) is 2.62. The van der Waals surface area contributed by atoms with Gasteiger partial charge in [-0.15, -0.1) is 0 Å². The highest BCUT2D eigenvalue weighted by Gasteiger charge is 1.97. The van der Waals surface area contributed by atoms with E-state index in [0.29, 0.717) is 5.92 Å². The highest BCUT2D eigenvalue weighted by Crippen LogP contribution is 2.16. The largest absolute Gasteiger partial charge is 0.285 e. The number of aromatic nitrogens is 1. The molecule has 1 heterocycles. The van der Waals surface area contributed by atoms with Crippen LogP contribution in [-0.4, -0.2) is 5.21 Å². The maximum atomic E-state index is 9.12. The number of pyridine rings is 1. The Balaban J connectivity index is 0.000000381. The molecule has 1 aromatic carbocycles. The van der Waals surface area contributed by atoms with Gasteiger partial charge in [0.25, 0.3) is 0 Å². The molecule has 2 aromatic rings. The van der Waals surface area contributed by atoms with Crippen molar-refractivity contribution in [1.82, 2.24) is 0 Å². The van der Waals surface area contributed by atoms with Crippen molar-refractivity contribution >= 4 is 12.2 Å². The standard InChI is InChI=1S/C16H18NO.C7H10/c1-13(2)16-7-5-14(6-8-16)3-4-15-9-11-17(18)12-10-15;1-4-6-7(3)5-2/h3-13,18H,1-2H3;4-6H,1-2H2,3H3/q+1;/b4-3+;7-6-. The zero-order valence-corrected chi connectivity index (χ0v) is 15.4. The molecule has 1 N–H and O–H groups in total. The van der Waals surface area contributed by atoms with Crippen LogP contribution in [0.3, 0.4) is 0 Å². The number of hydrogen-bond acceptors (Lipinski definition) is 1. The Labute approximate surface area is 151 Å². The molecular weight excluding hydrogens is 306 g/mol. The molecule has 0 fully saturated rings. The van der Waals surface area contributed by atoms with Gasteiger partial charge in [-0.1, -0.05) is 87.2 Å². The molecule has 0 saturated heterocycles. The predicted octanol–water partition coefficient (Wildman–Crippen LogP) is 5.81. The summed E-state index contributed by atoms with van der Waals surface area (Å²) in [5, 5.41) is 9.12. The SMILES string of the molecule is C=C/C=C(/C)C=C.CC(C)c1ccc(/C=C/c2cc[n+](O)cc2)cc1. The molecule has 1 aromatic heterocycles. The maximum Gasteiger partial charge on any atom is 0.222 e. The minimum absolute atomic E-state index is 0.567. The molecule has 0 atom stereocenters. The van der Waals surface area contributed by atoms with Gasteiger partial charge < -0.3 is 0 Å².